The maximum atomic E-state index is 12.2. The summed E-state index contributed by atoms with van der Waals surface area (Å²) in [5.41, 5.74) is 2.26. The minimum absolute atomic E-state index is 0.193. The van der Waals surface area contributed by atoms with Gasteiger partial charge in [-0.3, -0.25) is 4.79 Å². The third kappa shape index (κ3) is 2.95. The van der Waals surface area contributed by atoms with Gasteiger partial charge in [0.1, 0.15) is 12.4 Å². The Labute approximate surface area is 128 Å². The first kappa shape index (κ1) is 13.8. The minimum Gasteiger partial charge on any atom is -0.489 e. The molecule has 0 aromatic heterocycles. The molecule has 1 heterocycles. The average molecular weight is 303 g/mol. The lowest BCUT2D eigenvalue weighted by Crippen LogP contribution is -2.28. The van der Waals surface area contributed by atoms with Crippen molar-refractivity contribution in [3.05, 3.63) is 53.1 Å². The van der Waals surface area contributed by atoms with Gasteiger partial charge in [0, 0.05) is 29.4 Å². The number of rotatable bonds is 2. The van der Waals surface area contributed by atoms with E-state index in [0.29, 0.717) is 22.9 Å². The molecule has 1 amide bonds. The summed E-state index contributed by atoms with van der Waals surface area (Å²) in [6, 6.07) is 12.5. The summed E-state index contributed by atoms with van der Waals surface area (Å²) in [6.45, 7) is 1.51. The fourth-order valence-electron chi connectivity index (χ4n) is 2.27. The van der Waals surface area contributed by atoms with Gasteiger partial charge >= 0.3 is 0 Å². The van der Waals surface area contributed by atoms with E-state index in [-0.39, 0.29) is 5.91 Å². The molecule has 4 nitrogen and oxygen atoms in total. The fraction of sp³-hybridized carbons (Fsp3) is 0.188. The maximum absolute atomic E-state index is 12.2. The largest absolute Gasteiger partial charge is 0.489 e. The van der Waals surface area contributed by atoms with Crippen LogP contribution in [0.3, 0.4) is 0 Å². The predicted octanol–water partition coefficient (Wildman–Crippen LogP) is 3.42. The Bertz CT molecular complexity index is 688. The Balaban J connectivity index is 1.81. The molecular weight excluding hydrogens is 288 g/mol. The Kier molecular flexibility index (Phi) is 3.71. The van der Waals surface area contributed by atoms with Crippen LogP contribution in [0.5, 0.6) is 5.75 Å². The molecule has 108 valence electrons. The van der Waals surface area contributed by atoms with Gasteiger partial charge in [-0.15, -0.1) is 0 Å². The first-order valence-corrected chi connectivity index (χ1v) is 7.06. The van der Waals surface area contributed by atoms with Crippen molar-refractivity contribution in [1.82, 2.24) is 0 Å². The van der Waals surface area contributed by atoms with E-state index in [1.54, 1.807) is 24.3 Å². The van der Waals surface area contributed by atoms with Crippen LogP contribution in [0.15, 0.2) is 42.5 Å². The number of hydrogen-bond donors (Lipinski definition) is 1. The number of carbonyl (C=O) groups excluding carboxylic acids is 1. The van der Waals surface area contributed by atoms with Crippen LogP contribution in [0.25, 0.3) is 0 Å². The molecule has 0 atom stereocenters. The van der Waals surface area contributed by atoms with Crippen molar-refractivity contribution in [1.29, 1.82) is 0 Å². The van der Waals surface area contributed by atoms with Crippen molar-refractivity contribution in [2.24, 2.45) is 0 Å². The highest BCUT2D eigenvalue weighted by Crippen LogP contribution is 2.33. The van der Waals surface area contributed by atoms with Gasteiger partial charge in [-0.05, 0) is 30.3 Å². The Morgan fingerprint density at radius 3 is 2.95 bits per heavy atom. The zero-order chi connectivity index (χ0) is 14.8. The number of amides is 1. The molecule has 0 saturated carbocycles. The standard InChI is InChI=1S/C16H15ClN2O2/c1-19-7-8-21-15-10-13(5-6-14(15)19)18-16(20)11-3-2-4-12(17)9-11/h2-6,9-10H,7-8H2,1H3,(H,18,20). The molecule has 1 N–H and O–H groups in total. The van der Waals surface area contributed by atoms with E-state index in [1.807, 2.05) is 25.2 Å². The number of nitrogens with one attached hydrogen (secondary N) is 1. The van der Waals surface area contributed by atoms with E-state index < -0.39 is 0 Å². The summed E-state index contributed by atoms with van der Waals surface area (Å²) < 4.78 is 5.63. The van der Waals surface area contributed by atoms with Crippen LogP contribution in [0.4, 0.5) is 11.4 Å². The van der Waals surface area contributed by atoms with Crippen molar-refractivity contribution in [2.45, 2.75) is 0 Å². The first-order valence-electron chi connectivity index (χ1n) is 6.68. The Hall–Kier alpha value is -2.20. The summed E-state index contributed by atoms with van der Waals surface area (Å²) >= 11 is 5.90. The van der Waals surface area contributed by atoms with Crippen molar-refractivity contribution < 1.29 is 9.53 Å². The van der Waals surface area contributed by atoms with E-state index in [4.69, 9.17) is 16.3 Å². The van der Waals surface area contributed by atoms with Crippen molar-refractivity contribution in [2.75, 3.05) is 30.4 Å². The molecule has 0 spiro atoms. The van der Waals surface area contributed by atoms with E-state index in [1.165, 1.54) is 0 Å². The molecule has 1 aliphatic heterocycles. The highest BCUT2D eigenvalue weighted by atomic mass is 35.5. The quantitative estimate of drug-likeness (QED) is 0.924. The maximum Gasteiger partial charge on any atom is 0.255 e. The molecule has 21 heavy (non-hydrogen) atoms. The highest BCUT2D eigenvalue weighted by molar-refractivity contribution is 6.31. The molecule has 0 saturated heterocycles. The van der Waals surface area contributed by atoms with Crippen molar-refractivity contribution in [3.63, 3.8) is 0 Å². The predicted molar refractivity (Wildman–Crippen MR) is 84.6 cm³/mol. The van der Waals surface area contributed by atoms with Crippen LogP contribution in [-0.2, 0) is 0 Å². The number of benzene rings is 2. The second-order valence-electron chi connectivity index (χ2n) is 4.92. The molecule has 0 aliphatic carbocycles. The van der Waals surface area contributed by atoms with Gasteiger partial charge in [0.15, 0.2) is 0 Å². The second kappa shape index (κ2) is 5.66. The SMILES string of the molecule is CN1CCOc2cc(NC(=O)c3cccc(Cl)c3)ccc21. The number of ether oxygens (including phenoxy) is 1. The van der Waals surface area contributed by atoms with E-state index in [9.17, 15) is 4.79 Å². The lowest BCUT2D eigenvalue weighted by molar-refractivity contribution is 0.102. The molecule has 3 rings (SSSR count). The summed E-state index contributed by atoms with van der Waals surface area (Å²) in [7, 11) is 2.02. The normalized spacial score (nSPS) is 13.3. The zero-order valence-corrected chi connectivity index (χ0v) is 12.4. The number of likely N-dealkylation sites (N-methyl/N-ethyl adjacent to an activating group) is 1. The molecule has 1 aliphatic rings. The van der Waals surface area contributed by atoms with Gasteiger partial charge in [0.2, 0.25) is 0 Å². The van der Waals surface area contributed by atoms with Gasteiger partial charge in [-0.2, -0.15) is 0 Å². The van der Waals surface area contributed by atoms with E-state index in [0.717, 1.165) is 18.0 Å². The summed E-state index contributed by atoms with van der Waals surface area (Å²) in [4.78, 5) is 14.3. The van der Waals surface area contributed by atoms with E-state index in [2.05, 4.69) is 10.2 Å². The number of nitrogens with zero attached hydrogens (tertiary/aromatic N) is 1. The van der Waals surface area contributed by atoms with Crippen molar-refractivity contribution >= 4 is 28.9 Å². The van der Waals surface area contributed by atoms with Crippen LogP contribution in [0, 0.1) is 0 Å². The van der Waals surface area contributed by atoms with Crippen LogP contribution in [-0.4, -0.2) is 26.1 Å². The number of anilines is 2. The summed E-state index contributed by atoms with van der Waals surface area (Å²) in [5.74, 6) is 0.592. The van der Waals surface area contributed by atoms with Crippen LogP contribution >= 0.6 is 11.6 Å². The molecule has 0 radical (unpaired) electrons. The zero-order valence-electron chi connectivity index (χ0n) is 11.6. The average Bonchev–Trinajstić information content (AvgIpc) is 2.47. The molecular formula is C16H15ClN2O2. The molecule has 0 fully saturated rings. The number of carbonyl (C=O) groups is 1. The van der Waals surface area contributed by atoms with Gasteiger partial charge in [0.25, 0.3) is 5.91 Å². The van der Waals surface area contributed by atoms with E-state index >= 15 is 0 Å². The number of hydrogen-bond acceptors (Lipinski definition) is 3. The molecule has 0 bridgehead atoms. The Morgan fingerprint density at radius 2 is 2.14 bits per heavy atom. The van der Waals surface area contributed by atoms with Crippen LogP contribution < -0.4 is 15.0 Å². The smallest absolute Gasteiger partial charge is 0.255 e. The highest BCUT2D eigenvalue weighted by Gasteiger charge is 2.16. The second-order valence-corrected chi connectivity index (χ2v) is 5.35. The Morgan fingerprint density at radius 1 is 1.29 bits per heavy atom. The molecule has 0 unspecified atom stereocenters. The van der Waals surface area contributed by atoms with Gasteiger partial charge < -0.3 is 15.0 Å². The summed E-state index contributed by atoms with van der Waals surface area (Å²) in [5, 5.41) is 3.39. The minimum atomic E-state index is -0.193. The lowest BCUT2D eigenvalue weighted by atomic mass is 10.2. The number of fused-ring (bicyclic) bond motifs is 1. The van der Waals surface area contributed by atoms with Gasteiger partial charge in [-0.25, -0.2) is 0 Å². The third-order valence-electron chi connectivity index (χ3n) is 3.40. The monoisotopic (exact) mass is 302 g/mol. The van der Waals surface area contributed by atoms with Crippen molar-refractivity contribution in [3.8, 4) is 5.75 Å². The fourth-order valence-corrected chi connectivity index (χ4v) is 2.46. The molecule has 2 aromatic carbocycles. The third-order valence-corrected chi connectivity index (χ3v) is 3.64. The van der Waals surface area contributed by atoms with Gasteiger partial charge in [0.05, 0.1) is 12.2 Å². The number of halogens is 1. The van der Waals surface area contributed by atoms with Gasteiger partial charge in [-0.1, -0.05) is 17.7 Å². The van der Waals surface area contributed by atoms with Crippen LogP contribution in [0.1, 0.15) is 10.4 Å². The molecule has 5 heteroatoms. The lowest BCUT2D eigenvalue weighted by Gasteiger charge is -2.27. The summed E-state index contributed by atoms with van der Waals surface area (Å²) in [6.07, 6.45) is 0. The van der Waals surface area contributed by atoms with Crippen LogP contribution in [0.2, 0.25) is 5.02 Å². The molecule has 2 aromatic rings. The topological polar surface area (TPSA) is 41.6 Å². The first-order chi connectivity index (χ1) is 10.1.